The monoisotopic (exact) mass is 368 g/mol. The van der Waals surface area contributed by atoms with Crippen molar-refractivity contribution >= 4 is 28.8 Å². The number of carbonyl (C=O) groups excluding carboxylic acids is 1. The molecule has 4 rings (SSSR count). The second-order valence-electron chi connectivity index (χ2n) is 6.58. The van der Waals surface area contributed by atoms with Gasteiger partial charge >= 0.3 is 0 Å². The predicted molar refractivity (Wildman–Crippen MR) is 104 cm³/mol. The summed E-state index contributed by atoms with van der Waals surface area (Å²) in [5.41, 5.74) is 3.34. The Bertz CT molecular complexity index is 913. The summed E-state index contributed by atoms with van der Waals surface area (Å²) >= 11 is 6.15. The van der Waals surface area contributed by atoms with E-state index in [1.165, 1.54) is 24.9 Å². The Balaban J connectivity index is 1.43. The second kappa shape index (κ2) is 7.38. The number of anilines is 1. The Morgan fingerprint density at radius 2 is 1.85 bits per heavy atom. The number of nitrogens with zero attached hydrogens (tertiary/aromatic N) is 3. The molecule has 1 saturated heterocycles. The molecule has 1 aromatic carbocycles. The normalized spacial score (nSPS) is 14.6. The van der Waals surface area contributed by atoms with Gasteiger partial charge in [-0.25, -0.2) is 4.98 Å². The lowest BCUT2D eigenvalue weighted by Gasteiger charge is -2.28. The van der Waals surface area contributed by atoms with Gasteiger partial charge in [0.2, 0.25) is 0 Å². The number of hydrogen-bond donors (Lipinski definition) is 1. The Kier molecular flexibility index (Phi) is 4.80. The fraction of sp³-hybridized carbons (Fsp3) is 0.300. The van der Waals surface area contributed by atoms with Crippen LogP contribution < -0.4 is 10.2 Å². The van der Waals surface area contributed by atoms with Gasteiger partial charge in [0.1, 0.15) is 5.65 Å². The van der Waals surface area contributed by atoms with E-state index in [1.54, 1.807) is 10.6 Å². The molecule has 3 heterocycles. The summed E-state index contributed by atoms with van der Waals surface area (Å²) in [6.07, 6.45) is 5.64. The van der Waals surface area contributed by atoms with Crippen LogP contribution in [-0.4, -0.2) is 28.4 Å². The predicted octanol–water partition coefficient (Wildman–Crippen LogP) is 3.91. The molecule has 0 unspecified atom stereocenters. The van der Waals surface area contributed by atoms with Crippen LogP contribution in [0.1, 0.15) is 35.3 Å². The number of imidazole rings is 1. The maximum Gasteiger partial charge on any atom is 0.271 e. The van der Waals surface area contributed by atoms with Crippen LogP contribution in [0.25, 0.3) is 5.65 Å². The molecule has 0 aliphatic carbocycles. The lowest BCUT2D eigenvalue weighted by Crippen LogP contribution is -2.29. The minimum absolute atomic E-state index is 0.217. The van der Waals surface area contributed by atoms with Gasteiger partial charge in [0, 0.05) is 31.5 Å². The molecule has 1 fully saturated rings. The van der Waals surface area contributed by atoms with Crippen molar-refractivity contribution in [2.24, 2.45) is 0 Å². The number of nitrogens with one attached hydrogen (secondary N) is 1. The third kappa shape index (κ3) is 3.40. The summed E-state index contributed by atoms with van der Waals surface area (Å²) in [4.78, 5) is 19.2. The summed E-state index contributed by atoms with van der Waals surface area (Å²) < 4.78 is 1.71. The Hall–Kier alpha value is -2.53. The van der Waals surface area contributed by atoms with Crippen molar-refractivity contribution in [3.05, 3.63) is 65.1 Å². The number of pyridine rings is 1. The zero-order valence-electron chi connectivity index (χ0n) is 14.5. The van der Waals surface area contributed by atoms with Crippen molar-refractivity contribution < 1.29 is 4.79 Å². The Morgan fingerprint density at radius 1 is 1.08 bits per heavy atom. The quantitative estimate of drug-likeness (QED) is 0.759. The lowest BCUT2D eigenvalue weighted by molar-refractivity contribution is 0.0945. The number of aromatic nitrogens is 2. The summed E-state index contributed by atoms with van der Waals surface area (Å²) in [5, 5.41) is 3.15. The molecule has 0 bridgehead atoms. The molecule has 26 heavy (non-hydrogen) atoms. The van der Waals surface area contributed by atoms with Crippen LogP contribution in [0.4, 0.5) is 5.69 Å². The third-order valence-electron chi connectivity index (χ3n) is 4.81. The fourth-order valence-corrected chi connectivity index (χ4v) is 3.68. The summed E-state index contributed by atoms with van der Waals surface area (Å²) in [5.74, 6) is -0.228. The molecule has 2 aromatic heterocycles. The number of carbonyl (C=O) groups is 1. The van der Waals surface area contributed by atoms with E-state index in [1.807, 2.05) is 18.2 Å². The molecule has 5 nitrogen and oxygen atoms in total. The van der Waals surface area contributed by atoms with Crippen molar-refractivity contribution in [3.8, 4) is 0 Å². The maximum absolute atomic E-state index is 12.6. The number of benzene rings is 1. The molecule has 0 saturated carbocycles. The molecule has 1 N–H and O–H groups in total. The molecule has 0 atom stereocenters. The minimum atomic E-state index is -0.228. The standard InChI is InChI=1S/C20H21ClN4O/c21-19-18(25-13-5-2-6-17(25)23-19)20(26)22-14-15-7-9-16(10-8-15)24-11-3-1-4-12-24/h2,5-10,13H,1,3-4,11-12,14H2,(H,22,26). The van der Waals surface area contributed by atoms with E-state index in [-0.39, 0.29) is 11.1 Å². The van der Waals surface area contributed by atoms with E-state index in [0.717, 1.165) is 18.7 Å². The van der Waals surface area contributed by atoms with Gasteiger partial charge < -0.3 is 10.2 Å². The van der Waals surface area contributed by atoms with Crippen LogP contribution in [-0.2, 0) is 6.54 Å². The van der Waals surface area contributed by atoms with Crippen molar-refractivity contribution in [3.63, 3.8) is 0 Å². The molecule has 3 aromatic rings. The number of amides is 1. The molecule has 1 aliphatic heterocycles. The van der Waals surface area contributed by atoms with Gasteiger partial charge in [0.15, 0.2) is 10.8 Å². The molecule has 0 radical (unpaired) electrons. The van der Waals surface area contributed by atoms with Crippen molar-refractivity contribution in [1.82, 2.24) is 14.7 Å². The van der Waals surface area contributed by atoms with Crippen molar-refractivity contribution in [2.45, 2.75) is 25.8 Å². The number of fused-ring (bicyclic) bond motifs is 1. The Morgan fingerprint density at radius 3 is 2.62 bits per heavy atom. The Labute approximate surface area is 157 Å². The van der Waals surface area contributed by atoms with E-state index < -0.39 is 0 Å². The number of rotatable bonds is 4. The molecule has 1 aliphatic rings. The van der Waals surface area contributed by atoms with Gasteiger partial charge in [-0.15, -0.1) is 0 Å². The largest absolute Gasteiger partial charge is 0.372 e. The summed E-state index contributed by atoms with van der Waals surface area (Å²) in [6, 6.07) is 13.9. The van der Waals surface area contributed by atoms with E-state index in [4.69, 9.17) is 11.6 Å². The number of piperidine rings is 1. The van der Waals surface area contributed by atoms with Gasteiger partial charge in [0.25, 0.3) is 5.91 Å². The fourth-order valence-electron chi connectivity index (χ4n) is 3.41. The SMILES string of the molecule is O=C(NCc1ccc(N2CCCCC2)cc1)c1c(Cl)nc2ccccn12. The number of hydrogen-bond acceptors (Lipinski definition) is 3. The highest BCUT2D eigenvalue weighted by molar-refractivity contribution is 6.32. The van der Waals surface area contributed by atoms with Crippen molar-refractivity contribution in [2.75, 3.05) is 18.0 Å². The van der Waals surface area contributed by atoms with E-state index in [2.05, 4.69) is 39.5 Å². The van der Waals surface area contributed by atoms with E-state index in [9.17, 15) is 4.79 Å². The molecule has 1 amide bonds. The highest BCUT2D eigenvalue weighted by atomic mass is 35.5. The third-order valence-corrected chi connectivity index (χ3v) is 5.08. The lowest BCUT2D eigenvalue weighted by atomic mass is 10.1. The summed E-state index contributed by atoms with van der Waals surface area (Å²) in [7, 11) is 0. The first-order valence-electron chi connectivity index (χ1n) is 8.97. The molecular weight excluding hydrogens is 348 g/mol. The summed E-state index contributed by atoms with van der Waals surface area (Å²) in [6.45, 7) is 2.71. The highest BCUT2D eigenvalue weighted by Gasteiger charge is 2.17. The van der Waals surface area contributed by atoms with Gasteiger partial charge in [0.05, 0.1) is 0 Å². The van der Waals surface area contributed by atoms with Crippen LogP contribution >= 0.6 is 11.6 Å². The van der Waals surface area contributed by atoms with Crippen LogP contribution in [0.5, 0.6) is 0 Å². The van der Waals surface area contributed by atoms with E-state index in [0.29, 0.717) is 17.9 Å². The van der Waals surface area contributed by atoms with Gasteiger partial charge in [-0.3, -0.25) is 9.20 Å². The highest BCUT2D eigenvalue weighted by Crippen LogP contribution is 2.21. The topological polar surface area (TPSA) is 49.6 Å². The average molecular weight is 369 g/mol. The van der Waals surface area contributed by atoms with Crippen molar-refractivity contribution in [1.29, 1.82) is 0 Å². The smallest absolute Gasteiger partial charge is 0.271 e. The molecule has 0 spiro atoms. The first kappa shape index (κ1) is 16.9. The molecular formula is C20H21ClN4O. The van der Waals surface area contributed by atoms with Gasteiger partial charge in [-0.2, -0.15) is 0 Å². The number of halogens is 1. The second-order valence-corrected chi connectivity index (χ2v) is 6.93. The average Bonchev–Trinajstić information content (AvgIpc) is 3.03. The van der Waals surface area contributed by atoms with Crippen LogP contribution in [0.2, 0.25) is 5.15 Å². The molecule has 134 valence electrons. The molecule has 6 heteroatoms. The van der Waals surface area contributed by atoms with E-state index >= 15 is 0 Å². The van der Waals surface area contributed by atoms with Gasteiger partial charge in [-0.1, -0.05) is 29.8 Å². The van der Waals surface area contributed by atoms with Crippen LogP contribution in [0.15, 0.2) is 48.7 Å². The minimum Gasteiger partial charge on any atom is -0.372 e. The van der Waals surface area contributed by atoms with Crippen LogP contribution in [0.3, 0.4) is 0 Å². The first-order chi connectivity index (χ1) is 12.7. The zero-order valence-corrected chi connectivity index (χ0v) is 15.2. The zero-order chi connectivity index (χ0) is 17.9. The maximum atomic E-state index is 12.6. The van der Waals surface area contributed by atoms with Gasteiger partial charge in [-0.05, 0) is 49.1 Å². The first-order valence-corrected chi connectivity index (χ1v) is 9.35. The van der Waals surface area contributed by atoms with Crippen LogP contribution in [0, 0.1) is 0 Å².